The predicted molar refractivity (Wildman–Crippen MR) is 73.7 cm³/mol. The Kier molecular flexibility index (Phi) is 7.48. The van der Waals surface area contributed by atoms with Crippen LogP contribution in [-0.2, 0) is 14.3 Å². The van der Waals surface area contributed by atoms with E-state index in [2.05, 4.69) is 10.6 Å². The van der Waals surface area contributed by atoms with E-state index in [1.54, 1.807) is 7.05 Å². The van der Waals surface area contributed by atoms with Gasteiger partial charge in [0, 0.05) is 13.7 Å². The largest absolute Gasteiger partial charge is 0.376 e. The van der Waals surface area contributed by atoms with Crippen LogP contribution in [0.5, 0.6) is 0 Å². The SMILES string of the molecule is CNC(=O)C(NC=O)C(C)OCC1CCCCCC1. The quantitative estimate of drug-likeness (QED) is 0.540. The van der Waals surface area contributed by atoms with Crippen LogP contribution in [-0.4, -0.2) is 38.1 Å². The van der Waals surface area contributed by atoms with Crippen LogP contribution in [0, 0.1) is 5.92 Å². The highest BCUT2D eigenvalue weighted by Crippen LogP contribution is 2.23. The molecule has 19 heavy (non-hydrogen) atoms. The van der Waals surface area contributed by atoms with E-state index in [-0.39, 0.29) is 12.0 Å². The fourth-order valence-electron chi connectivity index (χ4n) is 2.57. The van der Waals surface area contributed by atoms with Crippen molar-refractivity contribution in [2.24, 2.45) is 5.92 Å². The van der Waals surface area contributed by atoms with Crippen molar-refractivity contribution in [1.82, 2.24) is 10.6 Å². The summed E-state index contributed by atoms with van der Waals surface area (Å²) in [7, 11) is 1.56. The van der Waals surface area contributed by atoms with Crippen molar-refractivity contribution >= 4 is 12.3 Å². The molecular weight excluding hydrogens is 244 g/mol. The van der Waals surface area contributed by atoms with E-state index in [0.717, 1.165) is 0 Å². The van der Waals surface area contributed by atoms with Crippen LogP contribution in [0.1, 0.15) is 45.4 Å². The van der Waals surface area contributed by atoms with Gasteiger partial charge >= 0.3 is 0 Å². The highest BCUT2D eigenvalue weighted by atomic mass is 16.5. The first kappa shape index (κ1) is 16.0. The summed E-state index contributed by atoms with van der Waals surface area (Å²) in [5.41, 5.74) is 0. The van der Waals surface area contributed by atoms with Gasteiger partial charge in [-0.25, -0.2) is 0 Å². The van der Waals surface area contributed by atoms with Crippen LogP contribution >= 0.6 is 0 Å². The number of amides is 2. The van der Waals surface area contributed by atoms with Crippen molar-refractivity contribution in [3.63, 3.8) is 0 Å². The van der Waals surface area contributed by atoms with Crippen LogP contribution < -0.4 is 10.6 Å². The lowest BCUT2D eigenvalue weighted by Gasteiger charge is -2.24. The Balaban J connectivity index is 2.39. The summed E-state index contributed by atoms with van der Waals surface area (Å²) in [6.45, 7) is 2.50. The van der Waals surface area contributed by atoms with Gasteiger partial charge in [-0.05, 0) is 25.7 Å². The Morgan fingerprint density at radius 3 is 2.47 bits per heavy atom. The first-order valence-corrected chi connectivity index (χ1v) is 7.22. The van der Waals surface area contributed by atoms with Gasteiger partial charge in [-0.3, -0.25) is 9.59 Å². The molecule has 0 saturated heterocycles. The van der Waals surface area contributed by atoms with Crippen LogP contribution in [0.15, 0.2) is 0 Å². The van der Waals surface area contributed by atoms with E-state index in [9.17, 15) is 9.59 Å². The molecule has 0 aliphatic heterocycles. The average molecular weight is 270 g/mol. The predicted octanol–water partition coefficient (Wildman–Crippen LogP) is 1.22. The monoisotopic (exact) mass is 270 g/mol. The second-order valence-corrected chi connectivity index (χ2v) is 5.27. The Morgan fingerprint density at radius 1 is 1.32 bits per heavy atom. The molecule has 0 aromatic rings. The summed E-state index contributed by atoms with van der Waals surface area (Å²) in [4.78, 5) is 22.2. The van der Waals surface area contributed by atoms with Gasteiger partial charge in [-0.2, -0.15) is 0 Å². The third kappa shape index (κ3) is 5.59. The molecule has 0 aromatic carbocycles. The third-order valence-electron chi connectivity index (χ3n) is 3.82. The summed E-state index contributed by atoms with van der Waals surface area (Å²) in [6, 6.07) is -0.617. The number of hydrogen-bond acceptors (Lipinski definition) is 3. The molecule has 0 spiro atoms. The van der Waals surface area contributed by atoms with Crippen molar-refractivity contribution in [2.45, 2.75) is 57.6 Å². The summed E-state index contributed by atoms with van der Waals surface area (Å²) in [5, 5.41) is 5.05. The van der Waals surface area contributed by atoms with E-state index < -0.39 is 6.04 Å². The van der Waals surface area contributed by atoms with Crippen molar-refractivity contribution in [2.75, 3.05) is 13.7 Å². The van der Waals surface area contributed by atoms with Crippen LogP contribution in [0.25, 0.3) is 0 Å². The van der Waals surface area contributed by atoms with Crippen molar-refractivity contribution < 1.29 is 14.3 Å². The molecule has 2 unspecified atom stereocenters. The molecule has 1 aliphatic carbocycles. The normalized spacial score (nSPS) is 20.1. The molecule has 2 N–H and O–H groups in total. The number of rotatable bonds is 7. The first-order chi connectivity index (χ1) is 9.19. The first-order valence-electron chi connectivity index (χ1n) is 7.22. The highest BCUT2D eigenvalue weighted by Gasteiger charge is 2.25. The minimum Gasteiger partial charge on any atom is -0.376 e. The summed E-state index contributed by atoms with van der Waals surface area (Å²) >= 11 is 0. The third-order valence-corrected chi connectivity index (χ3v) is 3.82. The minimum atomic E-state index is -0.617. The fraction of sp³-hybridized carbons (Fsp3) is 0.857. The van der Waals surface area contributed by atoms with Crippen molar-refractivity contribution in [1.29, 1.82) is 0 Å². The fourth-order valence-corrected chi connectivity index (χ4v) is 2.57. The van der Waals surface area contributed by atoms with E-state index in [4.69, 9.17) is 4.74 Å². The molecule has 5 heteroatoms. The number of hydrogen-bond donors (Lipinski definition) is 2. The van der Waals surface area contributed by atoms with Gasteiger partial charge in [-0.15, -0.1) is 0 Å². The van der Waals surface area contributed by atoms with Gasteiger partial charge in [-0.1, -0.05) is 25.7 Å². The molecule has 0 radical (unpaired) electrons. The molecule has 1 fully saturated rings. The highest BCUT2D eigenvalue weighted by molar-refractivity contribution is 5.83. The molecule has 5 nitrogen and oxygen atoms in total. The Labute approximate surface area is 115 Å². The lowest BCUT2D eigenvalue weighted by Crippen LogP contribution is -2.50. The molecule has 110 valence electrons. The number of carbonyl (C=O) groups excluding carboxylic acids is 2. The second kappa shape index (κ2) is 8.91. The summed E-state index contributed by atoms with van der Waals surface area (Å²) < 4.78 is 5.79. The topological polar surface area (TPSA) is 67.4 Å². The number of ether oxygens (including phenoxy) is 1. The van der Waals surface area contributed by atoms with Crippen LogP contribution in [0.2, 0.25) is 0 Å². The molecule has 1 aliphatic rings. The van der Waals surface area contributed by atoms with Crippen LogP contribution in [0.3, 0.4) is 0 Å². The maximum absolute atomic E-state index is 11.6. The number of likely N-dealkylation sites (N-methyl/N-ethyl adjacent to an activating group) is 1. The van der Waals surface area contributed by atoms with E-state index in [0.29, 0.717) is 18.9 Å². The number of carbonyl (C=O) groups is 2. The van der Waals surface area contributed by atoms with Gasteiger partial charge < -0.3 is 15.4 Å². The maximum atomic E-state index is 11.6. The standard InChI is InChI=1S/C14H26N2O3/c1-11(13(16-10-17)14(18)15-2)19-9-12-7-5-3-4-6-8-12/h10-13H,3-9H2,1-2H3,(H,15,18)(H,16,17). The molecule has 1 rings (SSSR count). The Morgan fingerprint density at radius 2 is 1.95 bits per heavy atom. The zero-order chi connectivity index (χ0) is 14.1. The van der Waals surface area contributed by atoms with Gasteiger partial charge in [0.15, 0.2) is 0 Å². The second-order valence-electron chi connectivity index (χ2n) is 5.27. The molecule has 0 aromatic heterocycles. The zero-order valence-electron chi connectivity index (χ0n) is 12.0. The van der Waals surface area contributed by atoms with E-state index in [1.165, 1.54) is 38.5 Å². The molecule has 1 saturated carbocycles. The van der Waals surface area contributed by atoms with Crippen molar-refractivity contribution in [3.8, 4) is 0 Å². The molecule has 0 heterocycles. The lowest BCUT2D eigenvalue weighted by atomic mass is 10.0. The van der Waals surface area contributed by atoms with E-state index >= 15 is 0 Å². The van der Waals surface area contributed by atoms with Gasteiger partial charge in [0.2, 0.25) is 12.3 Å². The van der Waals surface area contributed by atoms with Gasteiger partial charge in [0.1, 0.15) is 6.04 Å². The smallest absolute Gasteiger partial charge is 0.245 e. The van der Waals surface area contributed by atoms with Crippen LogP contribution in [0.4, 0.5) is 0 Å². The number of nitrogens with one attached hydrogen (secondary N) is 2. The Hall–Kier alpha value is -1.10. The summed E-state index contributed by atoms with van der Waals surface area (Å²) in [5.74, 6) is 0.368. The Bertz CT molecular complexity index is 276. The molecule has 2 atom stereocenters. The molecule has 2 amide bonds. The average Bonchev–Trinajstić information content (AvgIpc) is 2.70. The zero-order valence-corrected chi connectivity index (χ0v) is 12.0. The molecule has 0 bridgehead atoms. The van der Waals surface area contributed by atoms with Gasteiger partial charge in [0.25, 0.3) is 0 Å². The van der Waals surface area contributed by atoms with Crippen molar-refractivity contribution in [3.05, 3.63) is 0 Å². The lowest BCUT2D eigenvalue weighted by molar-refractivity contribution is -0.129. The molecular formula is C14H26N2O3. The maximum Gasteiger partial charge on any atom is 0.245 e. The summed E-state index contributed by atoms with van der Waals surface area (Å²) in [6.07, 6.45) is 7.83. The van der Waals surface area contributed by atoms with Gasteiger partial charge in [0.05, 0.1) is 6.10 Å². The van der Waals surface area contributed by atoms with E-state index in [1.807, 2.05) is 6.92 Å². The minimum absolute atomic E-state index is 0.222.